The molecule has 3 aromatic rings. The van der Waals surface area contributed by atoms with E-state index in [-0.39, 0.29) is 5.78 Å². The second kappa shape index (κ2) is 7.39. The number of carbonyl (C=O) groups excluding carboxylic acids is 1. The summed E-state index contributed by atoms with van der Waals surface area (Å²) in [6.45, 7) is 4.16. The summed E-state index contributed by atoms with van der Waals surface area (Å²) in [4.78, 5) is 17.2. The number of carbonyl (C=O) groups is 1. The maximum atomic E-state index is 12.6. The van der Waals surface area contributed by atoms with E-state index >= 15 is 0 Å². The van der Waals surface area contributed by atoms with Gasteiger partial charge in [0.05, 0.1) is 11.7 Å². The van der Waals surface area contributed by atoms with E-state index in [1.807, 2.05) is 43.5 Å². The van der Waals surface area contributed by atoms with Crippen molar-refractivity contribution in [3.05, 3.63) is 47.9 Å². The number of hydrogen-bond acceptors (Lipinski definition) is 3. The molecule has 0 aliphatic heterocycles. The maximum absolute atomic E-state index is 12.6. The topological polar surface area (TPSA) is 58.6 Å². The summed E-state index contributed by atoms with van der Waals surface area (Å²) in [5.41, 5.74) is 4.44. The number of unbranched alkanes of at least 4 members (excludes halogenated alkanes) is 3. The third-order valence-electron chi connectivity index (χ3n) is 4.38. The van der Waals surface area contributed by atoms with Crippen LogP contribution >= 0.6 is 0 Å². The van der Waals surface area contributed by atoms with Crippen molar-refractivity contribution in [1.82, 2.24) is 15.2 Å². The number of nitrogens with zero attached hydrogens (tertiary/aromatic N) is 2. The van der Waals surface area contributed by atoms with Crippen molar-refractivity contribution in [2.75, 3.05) is 0 Å². The van der Waals surface area contributed by atoms with Gasteiger partial charge in [-0.2, -0.15) is 5.10 Å². The van der Waals surface area contributed by atoms with Crippen molar-refractivity contribution in [2.45, 2.75) is 46.0 Å². The second-order valence-electron chi connectivity index (χ2n) is 6.21. The minimum absolute atomic E-state index is 0.124. The standard InChI is InChI=1S/C20H23N3O/c1-3-4-5-6-11-20(24)19-12-16(17-13-21-23-14(17)2)15-9-7-8-10-18(15)22-19/h7-10,12-13H,3-6,11H2,1-2H3,(H,21,23). The summed E-state index contributed by atoms with van der Waals surface area (Å²) >= 11 is 0. The molecule has 0 spiro atoms. The lowest BCUT2D eigenvalue weighted by Crippen LogP contribution is -2.03. The van der Waals surface area contributed by atoms with E-state index in [2.05, 4.69) is 22.1 Å². The molecule has 0 bridgehead atoms. The number of H-pyrrole nitrogens is 1. The fourth-order valence-electron chi connectivity index (χ4n) is 3.00. The smallest absolute Gasteiger partial charge is 0.181 e. The Morgan fingerprint density at radius 3 is 2.71 bits per heavy atom. The largest absolute Gasteiger partial charge is 0.292 e. The minimum Gasteiger partial charge on any atom is -0.292 e. The second-order valence-corrected chi connectivity index (χ2v) is 6.21. The number of hydrogen-bond donors (Lipinski definition) is 1. The Labute approximate surface area is 142 Å². The summed E-state index contributed by atoms with van der Waals surface area (Å²) in [5, 5.41) is 8.14. The molecule has 0 saturated carbocycles. The Morgan fingerprint density at radius 2 is 1.96 bits per heavy atom. The Bertz CT molecular complexity index is 851. The highest BCUT2D eigenvalue weighted by atomic mass is 16.1. The number of pyridine rings is 1. The molecule has 0 aliphatic rings. The first-order valence-electron chi connectivity index (χ1n) is 8.64. The zero-order chi connectivity index (χ0) is 16.9. The van der Waals surface area contributed by atoms with Gasteiger partial charge >= 0.3 is 0 Å². The van der Waals surface area contributed by atoms with Crippen molar-refractivity contribution in [3.8, 4) is 11.1 Å². The van der Waals surface area contributed by atoms with Crippen LogP contribution in [0.3, 0.4) is 0 Å². The number of Topliss-reactive ketones (excluding diaryl/α,β-unsaturated/α-hetero) is 1. The highest BCUT2D eigenvalue weighted by Crippen LogP contribution is 2.30. The average molecular weight is 321 g/mol. The normalized spacial score (nSPS) is 11.1. The predicted octanol–water partition coefficient (Wildman–Crippen LogP) is 5.09. The highest BCUT2D eigenvalue weighted by Gasteiger charge is 2.15. The van der Waals surface area contributed by atoms with Crippen LogP contribution in [0, 0.1) is 6.92 Å². The fourth-order valence-corrected chi connectivity index (χ4v) is 3.00. The van der Waals surface area contributed by atoms with Crippen LogP contribution in [-0.2, 0) is 0 Å². The van der Waals surface area contributed by atoms with Gasteiger partial charge in [-0.15, -0.1) is 0 Å². The molecule has 1 N–H and O–H groups in total. The maximum Gasteiger partial charge on any atom is 0.181 e. The number of nitrogens with one attached hydrogen (secondary N) is 1. The highest BCUT2D eigenvalue weighted by molar-refractivity contribution is 6.02. The van der Waals surface area contributed by atoms with Crippen LogP contribution in [0.2, 0.25) is 0 Å². The first-order valence-corrected chi connectivity index (χ1v) is 8.64. The molecule has 24 heavy (non-hydrogen) atoms. The van der Waals surface area contributed by atoms with Crippen molar-refractivity contribution in [3.63, 3.8) is 0 Å². The Balaban J connectivity index is 1.98. The van der Waals surface area contributed by atoms with Crippen LogP contribution in [0.1, 0.15) is 55.2 Å². The van der Waals surface area contributed by atoms with Crippen LogP contribution < -0.4 is 0 Å². The number of aromatic nitrogens is 3. The van der Waals surface area contributed by atoms with Crippen molar-refractivity contribution in [1.29, 1.82) is 0 Å². The summed E-state index contributed by atoms with van der Waals surface area (Å²) in [6, 6.07) is 9.87. The molecule has 4 nitrogen and oxygen atoms in total. The molecule has 3 rings (SSSR count). The van der Waals surface area contributed by atoms with Crippen LogP contribution in [-0.4, -0.2) is 21.0 Å². The van der Waals surface area contributed by atoms with Gasteiger partial charge in [0, 0.05) is 23.1 Å². The Hall–Kier alpha value is -2.49. The Morgan fingerprint density at radius 1 is 1.12 bits per heavy atom. The van der Waals surface area contributed by atoms with E-state index in [9.17, 15) is 4.79 Å². The molecule has 2 heterocycles. The van der Waals surface area contributed by atoms with Gasteiger partial charge in [0.15, 0.2) is 5.78 Å². The predicted molar refractivity (Wildman–Crippen MR) is 97.2 cm³/mol. The molecule has 0 atom stereocenters. The van der Waals surface area contributed by atoms with Crippen LogP contribution in [0.5, 0.6) is 0 Å². The summed E-state index contributed by atoms with van der Waals surface area (Å²) in [5.74, 6) is 0.124. The molecule has 2 aromatic heterocycles. The van der Waals surface area contributed by atoms with Gasteiger partial charge in [0.2, 0.25) is 0 Å². The number of fused-ring (bicyclic) bond motifs is 1. The third kappa shape index (κ3) is 3.37. The number of aromatic amines is 1. The van der Waals surface area contributed by atoms with Crippen LogP contribution in [0.15, 0.2) is 36.5 Å². The first-order chi connectivity index (χ1) is 11.7. The monoisotopic (exact) mass is 321 g/mol. The number of aryl methyl sites for hydroxylation is 1. The van der Waals surface area contributed by atoms with Gasteiger partial charge < -0.3 is 0 Å². The van der Waals surface area contributed by atoms with Crippen LogP contribution in [0.4, 0.5) is 0 Å². The molecule has 4 heteroatoms. The van der Waals surface area contributed by atoms with Gasteiger partial charge in [-0.3, -0.25) is 9.89 Å². The summed E-state index contributed by atoms with van der Waals surface area (Å²) in [6.07, 6.45) is 6.76. The number of para-hydroxylation sites is 1. The molecular weight excluding hydrogens is 298 g/mol. The molecule has 0 saturated heterocycles. The molecule has 0 amide bonds. The minimum atomic E-state index is 0.124. The molecule has 124 valence electrons. The third-order valence-corrected chi connectivity index (χ3v) is 4.38. The van der Waals surface area contributed by atoms with E-state index < -0.39 is 0 Å². The van der Waals surface area contributed by atoms with Gasteiger partial charge in [-0.25, -0.2) is 4.98 Å². The lowest BCUT2D eigenvalue weighted by atomic mass is 9.99. The molecule has 0 aliphatic carbocycles. The van der Waals surface area contributed by atoms with E-state index in [1.165, 1.54) is 12.8 Å². The average Bonchev–Trinajstić information content (AvgIpc) is 3.03. The Kier molecular flexibility index (Phi) is 5.04. The zero-order valence-corrected chi connectivity index (χ0v) is 14.3. The lowest BCUT2D eigenvalue weighted by Gasteiger charge is -2.09. The molecular formula is C20H23N3O. The first kappa shape index (κ1) is 16.4. The van der Waals surface area contributed by atoms with E-state index in [1.54, 1.807) is 0 Å². The van der Waals surface area contributed by atoms with E-state index in [4.69, 9.17) is 0 Å². The lowest BCUT2D eigenvalue weighted by molar-refractivity contribution is 0.0974. The summed E-state index contributed by atoms with van der Waals surface area (Å²) in [7, 11) is 0. The number of ketones is 1. The molecule has 0 fully saturated rings. The molecule has 1 aromatic carbocycles. The van der Waals surface area contributed by atoms with Gasteiger partial charge in [0.1, 0.15) is 5.69 Å². The van der Waals surface area contributed by atoms with Gasteiger partial charge in [-0.1, -0.05) is 44.4 Å². The van der Waals surface area contributed by atoms with Crippen molar-refractivity contribution in [2.24, 2.45) is 0 Å². The molecule has 0 unspecified atom stereocenters. The fraction of sp³-hybridized carbons (Fsp3) is 0.350. The summed E-state index contributed by atoms with van der Waals surface area (Å²) < 4.78 is 0. The van der Waals surface area contributed by atoms with Crippen molar-refractivity contribution < 1.29 is 4.79 Å². The molecule has 0 radical (unpaired) electrons. The quantitative estimate of drug-likeness (QED) is 0.487. The van der Waals surface area contributed by atoms with Crippen LogP contribution in [0.25, 0.3) is 22.0 Å². The number of rotatable bonds is 7. The van der Waals surface area contributed by atoms with E-state index in [0.29, 0.717) is 12.1 Å². The zero-order valence-electron chi connectivity index (χ0n) is 14.3. The van der Waals surface area contributed by atoms with Crippen molar-refractivity contribution >= 4 is 16.7 Å². The van der Waals surface area contributed by atoms with Gasteiger partial charge in [0.25, 0.3) is 0 Å². The SMILES string of the molecule is CCCCCCC(=O)c1cc(-c2cn[nH]c2C)c2ccccc2n1. The number of benzene rings is 1. The van der Waals surface area contributed by atoms with E-state index in [0.717, 1.165) is 40.6 Å². The van der Waals surface area contributed by atoms with Gasteiger partial charge in [-0.05, 0) is 31.0 Å².